The molecule has 0 heterocycles. The first kappa shape index (κ1) is 9.41. The van der Waals surface area contributed by atoms with Gasteiger partial charge >= 0.3 is 0 Å². The minimum Gasteiger partial charge on any atom is -0.287 e. The van der Waals surface area contributed by atoms with Gasteiger partial charge in [0.15, 0.2) is 0 Å². The Kier molecular flexibility index (Phi) is 3.66. The van der Waals surface area contributed by atoms with Crippen molar-refractivity contribution in [3.05, 3.63) is 35.9 Å². The summed E-state index contributed by atoms with van der Waals surface area (Å²) in [6.45, 7) is 0. The molecule has 0 spiro atoms. The Morgan fingerprint density at radius 1 is 1.38 bits per heavy atom. The van der Waals surface area contributed by atoms with Crippen LogP contribution in [0.5, 0.6) is 0 Å². The zero-order valence-corrected chi connectivity index (χ0v) is 7.14. The molecule has 0 saturated carbocycles. The summed E-state index contributed by atoms with van der Waals surface area (Å²) >= 11 is 0. The van der Waals surface area contributed by atoms with Crippen LogP contribution in [0.15, 0.2) is 35.5 Å². The molecule has 0 unspecified atom stereocenters. The molecule has 0 aliphatic heterocycles. The monoisotopic (exact) mass is 179 g/mol. The van der Waals surface area contributed by atoms with Crippen LogP contribution in [0.1, 0.15) is 10.4 Å². The highest BCUT2D eigenvalue weighted by Crippen LogP contribution is 1.97. The summed E-state index contributed by atoms with van der Waals surface area (Å²) in [5.74, 6) is -0.224. The van der Waals surface area contributed by atoms with Gasteiger partial charge < -0.3 is 0 Å². The minimum atomic E-state index is -0.224. The Balaban J connectivity index is 2.59. The molecular weight excluding hydrogens is 170 g/mol. The molecule has 0 N–H and O–H groups in total. The van der Waals surface area contributed by atoms with E-state index >= 15 is 0 Å². The smallest absolute Gasteiger partial charge is 0.207 e. The van der Waals surface area contributed by atoms with Crippen molar-refractivity contribution in [2.45, 2.75) is 0 Å². The van der Waals surface area contributed by atoms with E-state index in [1.165, 1.54) is 7.11 Å². The average molecular weight is 179 g/mol. The lowest BCUT2D eigenvalue weighted by Gasteiger charge is -1.92. The Bertz CT molecular complexity index is 295. The SMILES string of the molecule is COO/N=C/C(=O)c1ccccc1. The number of nitrogens with zero attached hydrogens (tertiary/aromatic N) is 1. The average Bonchev–Trinajstić information content (AvgIpc) is 2.19. The highest BCUT2D eigenvalue weighted by Gasteiger charge is 1.99. The second-order valence-electron chi connectivity index (χ2n) is 2.21. The molecule has 0 saturated heterocycles. The third kappa shape index (κ3) is 3.04. The number of oxime groups is 1. The number of rotatable bonds is 4. The van der Waals surface area contributed by atoms with Gasteiger partial charge in [-0.25, -0.2) is 4.99 Å². The first-order chi connectivity index (χ1) is 6.34. The fraction of sp³-hybridized carbons (Fsp3) is 0.111. The van der Waals surface area contributed by atoms with E-state index in [1.807, 2.05) is 6.07 Å². The molecule has 0 amide bonds. The van der Waals surface area contributed by atoms with Crippen molar-refractivity contribution in [3.8, 4) is 0 Å². The van der Waals surface area contributed by atoms with Gasteiger partial charge in [0.2, 0.25) is 5.78 Å². The van der Waals surface area contributed by atoms with Gasteiger partial charge in [-0.15, -0.1) is 0 Å². The summed E-state index contributed by atoms with van der Waals surface area (Å²) in [6.07, 6.45) is 1.05. The predicted octanol–water partition coefficient (Wildman–Crippen LogP) is 1.43. The summed E-state index contributed by atoms with van der Waals surface area (Å²) < 4.78 is 0. The Hall–Kier alpha value is -1.68. The van der Waals surface area contributed by atoms with Crippen LogP contribution < -0.4 is 0 Å². The molecule has 0 fully saturated rings. The van der Waals surface area contributed by atoms with Crippen LogP contribution in [0.25, 0.3) is 0 Å². The largest absolute Gasteiger partial charge is 0.287 e. The lowest BCUT2D eigenvalue weighted by Crippen LogP contribution is -1.99. The molecule has 0 aliphatic rings. The van der Waals surface area contributed by atoms with Crippen molar-refractivity contribution < 1.29 is 14.7 Å². The van der Waals surface area contributed by atoms with Gasteiger partial charge in [-0.1, -0.05) is 30.3 Å². The van der Waals surface area contributed by atoms with E-state index in [1.54, 1.807) is 24.3 Å². The number of ketones is 1. The first-order valence-electron chi connectivity index (χ1n) is 3.67. The standard InChI is InChI=1S/C9H9NO3/c1-12-13-10-7-9(11)8-5-3-2-4-6-8/h2-7H,1H3/b10-7+. The van der Waals surface area contributed by atoms with Gasteiger partial charge in [0.05, 0.1) is 7.11 Å². The molecule has 1 aromatic carbocycles. The van der Waals surface area contributed by atoms with Crippen LogP contribution in [0.3, 0.4) is 0 Å². The fourth-order valence-corrected chi connectivity index (χ4v) is 0.789. The zero-order chi connectivity index (χ0) is 9.52. The fourth-order valence-electron chi connectivity index (χ4n) is 0.789. The minimum absolute atomic E-state index is 0.224. The third-order valence-corrected chi connectivity index (χ3v) is 1.35. The summed E-state index contributed by atoms with van der Waals surface area (Å²) in [7, 11) is 1.31. The predicted molar refractivity (Wildman–Crippen MR) is 47.4 cm³/mol. The molecule has 0 aliphatic carbocycles. The third-order valence-electron chi connectivity index (χ3n) is 1.35. The van der Waals surface area contributed by atoms with Crippen LogP contribution in [-0.4, -0.2) is 19.1 Å². The van der Waals surface area contributed by atoms with Crippen molar-refractivity contribution in [2.24, 2.45) is 5.16 Å². The van der Waals surface area contributed by atoms with Crippen molar-refractivity contribution in [3.63, 3.8) is 0 Å². The van der Waals surface area contributed by atoms with E-state index in [9.17, 15) is 4.79 Å². The van der Waals surface area contributed by atoms with E-state index in [0.717, 1.165) is 6.21 Å². The van der Waals surface area contributed by atoms with E-state index < -0.39 is 0 Å². The first-order valence-corrected chi connectivity index (χ1v) is 3.67. The molecule has 1 rings (SSSR count). The number of benzene rings is 1. The maximum atomic E-state index is 11.2. The summed E-state index contributed by atoms with van der Waals surface area (Å²) in [5.41, 5.74) is 0.561. The van der Waals surface area contributed by atoms with E-state index in [2.05, 4.69) is 15.0 Å². The summed E-state index contributed by atoms with van der Waals surface area (Å²) in [6, 6.07) is 8.78. The van der Waals surface area contributed by atoms with Gasteiger partial charge in [-0.3, -0.25) is 4.79 Å². The molecule has 0 bridgehead atoms. The molecular formula is C9H9NO3. The second-order valence-corrected chi connectivity index (χ2v) is 2.21. The summed E-state index contributed by atoms with van der Waals surface area (Å²) in [5, 5.41) is 3.27. The van der Waals surface area contributed by atoms with Gasteiger partial charge in [0.1, 0.15) is 6.21 Å². The van der Waals surface area contributed by atoms with Crippen LogP contribution in [0.2, 0.25) is 0 Å². The van der Waals surface area contributed by atoms with Crippen molar-refractivity contribution in [1.29, 1.82) is 0 Å². The van der Waals surface area contributed by atoms with E-state index in [0.29, 0.717) is 5.56 Å². The van der Waals surface area contributed by atoms with Gasteiger partial charge in [0.25, 0.3) is 0 Å². The van der Waals surface area contributed by atoms with E-state index in [4.69, 9.17) is 0 Å². The number of carbonyl (C=O) groups excluding carboxylic acids is 1. The van der Waals surface area contributed by atoms with Gasteiger partial charge in [-0.2, -0.15) is 4.89 Å². The normalized spacial score (nSPS) is 10.2. The Morgan fingerprint density at radius 3 is 2.69 bits per heavy atom. The lowest BCUT2D eigenvalue weighted by molar-refractivity contribution is -0.272. The van der Waals surface area contributed by atoms with Crippen LogP contribution in [0.4, 0.5) is 0 Å². The molecule has 0 radical (unpaired) electrons. The highest BCUT2D eigenvalue weighted by atomic mass is 17.3. The lowest BCUT2D eigenvalue weighted by atomic mass is 10.1. The zero-order valence-electron chi connectivity index (χ0n) is 7.14. The van der Waals surface area contributed by atoms with Crippen molar-refractivity contribution >= 4 is 12.0 Å². The highest BCUT2D eigenvalue weighted by molar-refractivity contribution is 6.35. The number of carbonyl (C=O) groups is 1. The quantitative estimate of drug-likeness (QED) is 0.304. The molecule has 4 nitrogen and oxygen atoms in total. The Labute approximate surface area is 75.7 Å². The summed E-state index contributed by atoms with van der Waals surface area (Å²) in [4.78, 5) is 19.6. The topological polar surface area (TPSA) is 47.9 Å². The van der Waals surface area contributed by atoms with E-state index in [-0.39, 0.29) is 5.78 Å². The second kappa shape index (κ2) is 5.05. The van der Waals surface area contributed by atoms with Crippen molar-refractivity contribution in [1.82, 2.24) is 0 Å². The molecule has 0 aromatic heterocycles. The number of hydrogen-bond acceptors (Lipinski definition) is 4. The molecule has 4 heteroatoms. The number of hydrogen-bond donors (Lipinski definition) is 0. The molecule has 13 heavy (non-hydrogen) atoms. The molecule has 0 atom stereocenters. The van der Waals surface area contributed by atoms with Crippen LogP contribution >= 0.6 is 0 Å². The van der Waals surface area contributed by atoms with Crippen LogP contribution in [0, 0.1) is 0 Å². The molecule has 1 aromatic rings. The molecule has 68 valence electrons. The van der Waals surface area contributed by atoms with Crippen LogP contribution in [-0.2, 0) is 9.88 Å². The Morgan fingerprint density at radius 2 is 2.08 bits per heavy atom. The van der Waals surface area contributed by atoms with Crippen molar-refractivity contribution in [2.75, 3.05) is 7.11 Å². The maximum Gasteiger partial charge on any atom is 0.207 e. The maximum absolute atomic E-state index is 11.2. The number of Topliss-reactive ketones (excluding diaryl/α,β-unsaturated/α-hetero) is 1. The van der Waals surface area contributed by atoms with Gasteiger partial charge in [0, 0.05) is 5.56 Å². The van der Waals surface area contributed by atoms with Gasteiger partial charge in [-0.05, 0) is 5.16 Å².